The Kier molecular flexibility index (Phi) is 6.78. The van der Waals surface area contributed by atoms with Crippen LogP contribution in [0.15, 0.2) is 191 Å². The van der Waals surface area contributed by atoms with Gasteiger partial charge in [-0.05, 0) is 87.6 Å². The van der Waals surface area contributed by atoms with Gasteiger partial charge in [-0.3, -0.25) is 0 Å². The highest BCUT2D eigenvalue weighted by Crippen LogP contribution is 2.45. The fraction of sp³-hybridized carbons (Fsp3) is 0. The minimum atomic E-state index is 0.575. The van der Waals surface area contributed by atoms with Gasteiger partial charge in [0.05, 0.1) is 5.69 Å². The van der Waals surface area contributed by atoms with Crippen LogP contribution in [0.3, 0.4) is 0 Å². The predicted molar refractivity (Wildman–Crippen MR) is 210 cm³/mol. The molecular formula is C47H30N2O2. The zero-order valence-corrected chi connectivity index (χ0v) is 27.5. The van der Waals surface area contributed by atoms with Crippen molar-refractivity contribution in [3.05, 3.63) is 182 Å². The molecule has 0 unspecified atom stereocenters. The van der Waals surface area contributed by atoms with Crippen molar-refractivity contribution in [1.82, 2.24) is 4.98 Å². The molecule has 2 heterocycles. The summed E-state index contributed by atoms with van der Waals surface area (Å²) in [6.45, 7) is 0. The first-order valence-electron chi connectivity index (χ1n) is 17.1. The van der Waals surface area contributed by atoms with Gasteiger partial charge in [0.15, 0.2) is 11.2 Å². The van der Waals surface area contributed by atoms with Crippen molar-refractivity contribution in [2.75, 3.05) is 4.90 Å². The highest BCUT2D eigenvalue weighted by molar-refractivity contribution is 6.15. The Balaban J connectivity index is 1.18. The van der Waals surface area contributed by atoms with Crippen molar-refractivity contribution in [3.63, 3.8) is 0 Å². The maximum absolute atomic E-state index is 6.80. The lowest BCUT2D eigenvalue weighted by Crippen LogP contribution is -2.10. The number of rotatable bonds is 6. The number of benzene rings is 8. The molecule has 10 aromatic rings. The van der Waals surface area contributed by atoms with E-state index in [1.54, 1.807) is 0 Å². The minimum absolute atomic E-state index is 0.575. The average molecular weight is 655 g/mol. The Morgan fingerprint density at radius 1 is 0.431 bits per heavy atom. The largest absolute Gasteiger partial charge is 0.454 e. The van der Waals surface area contributed by atoms with Crippen LogP contribution in [-0.2, 0) is 0 Å². The summed E-state index contributed by atoms with van der Waals surface area (Å²) in [4.78, 5) is 7.15. The number of hydrogen-bond acceptors (Lipinski definition) is 4. The van der Waals surface area contributed by atoms with Crippen molar-refractivity contribution < 1.29 is 8.83 Å². The van der Waals surface area contributed by atoms with E-state index in [0.29, 0.717) is 5.89 Å². The van der Waals surface area contributed by atoms with Crippen molar-refractivity contribution in [2.24, 2.45) is 0 Å². The SMILES string of the molecule is c1ccc(-c2ccc(N(c3cccc(-c4cccc5ccccc45)c3)c3cccc4c3oc3cccc(-c5nc6ccccc6o5)c34)cc2)cc1. The number of fused-ring (bicyclic) bond motifs is 5. The molecule has 2 aromatic heterocycles. The van der Waals surface area contributed by atoms with Crippen LogP contribution in [0.1, 0.15) is 0 Å². The molecule has 0 fully saturated rings. The molecule has 0 saturated heterocycles. The highest BCUT2D eigenvalue weighted by Gasteiger charge is 2.23. The lowest BCUT2D eigenvalue weighted by Gasteiger charge is -2.26. The van der Waals surface area contributed by atoms with Crippen LogP contribution in [0.4, 0.5) is 17.1 Å². The quantitative estimate of drug-likeness (QED) is 0.179. The molecule has 0 aliphatic carbocycles. The van der Waals surface area contributed by atoms with Crippen LogP contribution < -0.4 is 4.90 Å². The molecular weight excluding hydrogens is 625 g/mol. The van der Waals surface area contributed by atoms with E-state index < -0.39 is 0 Å². The first-order chi connectivity index (χ1) is 25.3. The molecule has 240 valence electrons. The van der Waals surface area contributed by atoms with Crippen LogP contribution in [-0.4, -0.2) is 4.98 Å². The second-order valence-electron chi connectivity index (χ2n) is 12.7. The zero-order chi connectivity index (χ0) is 33.7. The van der Waals surface area contributed by atoms with Crippen LogP contribution in [0.5, 0.6) is 0 Å². The number of oxazole rings is 1. The first-order valence-corrected chi connectivity index (χ1v) is 17.1. The molecule has 0 aliphatic rings. The van der Waals surface area contributed by atoms with E-state index in [4.69, 9.17) is 13.8 Å². The number of nitrogens with zero attached hydrogens (tertiary/aromatic N) is 2. The summed E-state index contributed by atoms with van der Waals surface area (Å²) in [6, 6.07) is 63.4. The summed E-state index contributed by atoms with van der Waals surface area (Å²) >= 11 is 0. The first kappa shape index (κ1) is 29.0. The standard InChI is InChI=1S/C47H30N2O2/c1-2-12-31(13-3-1)32-26-28-35(29-27-32)49(36-17-8-16-34(30-36)38-19-9-15-33-14-4-5-18-37(33)38)42-23-10-20-39-45-40(21-11-25-44(45)50-46(39)42)47-48-41-22-6-7-24-43(41)51-47/h1-30H. The second kappa shape index (κ2) is 11.9. The number of para-hydroxylation sites is 3. The van der Waals surface area contributed by atoms with Crippen molar-refractivity contribution in [1.29, 1.82) is 0 Å². The van der Waals surface area contributed by atoms with Gasteiger partial charge in [-0.1, -0.05) is 127 Å². The number of furan rings is 1. The number of hydrogen-bond donors (Lipinski definition) is 0. The van der Waals surface area contributed by atoms with E-state index in [0.717, 1.165) is 66.8 Å². The molecule has 4 nitrogen and oxygen atoms in total. The van der Waals surface area contributed by atoms with Gasteiger partial charge in [0.2, 0.25) is 5.89 Å². The smallest absolute Gasteiger partial charge is 0.228 e. The van der Waals surface area contributed by atoms with Gasteiger partial charge >= 0.3 is 0 Å². The van der Waals surface area contributed by atoms with E-state index in [-0.39, 0.29) is 0 Å². The Bertz CT molecular complexity index is 2830. The third-order valence-corrected chi connectivity index (χ3v) is 9.70. The monoisotopic (exact) mass is 654 g/mol. The van der Waals surface area contributed by atoms with E-state index in [2.05, 4.69) is 144 Å². The second-order valence-corrected chi connectivity index (χ2v) is 12.7. The lowest BCUT2D eigenvalue weighted by atomic mass is 9.97. The molecule has 0 atom stereocenters. The molecule has 0 spiro atoms. The van der Waals surface area contributed by atoms with Crippen LogP contribution >= 0.6 is 0 Å². The van der Waals surface area contributed by atoms with Gasteiger partial charge in [0.1, 0.15) is 11.1 Å². The van der Waals surface area contributed by atoms with Gasteiger partial charge < -0.3 is 13.7 Å². The molecule has 10 rings (SSSR count). The molecule has 4 heteroatoms. The van der Waals surface area contributed by atoms with E-state index in [1.165, 1.54) is 21.9 Å². The number of anilines is 3. The Labute approximate surface area is 294 Å². The number of aromatic nitrogens is 1. The van der Waals surface area contributed by atoms with Gasteiger partial charge in [0, 0.05) is 27.7 Å². The Morgan fingerprint density at radius 3 is 2.00 bits per heavy atom. The fourth-order valence-electron chi connectivity index (χ4n) is 7.33. The normalized spacial score (nSPS) is 11.5. The molecule has 0 bridgehead atoms. The van der Waals surface area contributed by atoms with Gasteiger partial charge in [-0.2, -0.15) is 0 Å². The van der Waals surface area contributed by atoms with Gasteiger partial charge in [0.25, 0.3) is 0 Å². The molecule has 0 N–H and O–H groups in total. The Hall–Kier alpha value is -6.91. The average Bonchev–Trinajstić information content (AvgIpc) is 3.81. The maximum atomic E-state index is 6.80. The van der Waals surface area contributed by atoms with Crippen LogP contribution in [0, 0.1) is 0 Å². The maximum Gasteiger partial charge on any atom is 0.228 e. The van der Waals surface area contributed by atoms with Gasteiger partial charge in [-0.25, -0.2) is 4.98 Å². The van der Waals surface area contributed by atoms with Gasteiger partial charge in [-0.15, -0.1) is 0 Å². The molecule has 0 aliphatic heterocycles. The zero-order valence-electron chi connectivity index (χ0n) is 27.5. The molecule has 8 aromatic carbocycles. The summed E-state index contributed by atoms with van der Waals surface area (Å²) in [5.74, 6) is 0.575. The third-order valence-electron chi connectivity index (χ3n) is 9.70. The summed E-state index contributed by atoms with van der Waals surface area (Å²) in [5, 5.41) is 4.42. The van der Waals surface area contributed by atoms with E-state index in [9.17, 15) is 0 Å². The molecule has 51 heavy (non-hydrogen) atoms. The van der Waals surface area contributed by atoms with Crippen molar-refractivity contribution in [2.45, 2.75) is 0 Å². The van der Waals surface area contributed by atoms with Crippen LogP contribution in [0.25, 0.3) is 77.5 Å². The van der Waals surface area contributed by atoms with Crippen LogP contribution in [0.2, 0.25) is 0 Å². The van der Waals surface area contributed by atoms with E-state index >= 15 is 0 Å². The predicted octanol–water partition coefficient (Wildman–Crippen LogP) is 13.4. The van der Waals surface area contributed by atoms with Crippen molar-refractivity contribution >= 4 is 60.9 Å². The molecule has 0 radical (unpaired) electrons. The topological polar surface area (TPSA) is 42.4 Å². The fourth-order valence-corrected chi connectivity index (χ4v) is 7.33. The molecule has 0 saturated carbocycles. The summed E-state index contributed by atoms with van der Waals surface area (Å²) in [6.07, 6.45) is 0. The lowest BCUT2D eigenvalue weighted by molar-refractivity contribution is 0.620. The third kappa shape index (κ3) is 4.96. The molecule has 0 amide bonds. The summed E-state index contributed by atoms with van der Waals surface area (Å²) in [5.41, 5.74) is 11.7. The highest BCUT2D eigenvalue weighted by atomic mass is 16.3. The summed E-state index contributed by atoms with van der Waals surface area (Å²) < 4.78 is 13.1. The summed E-state index contributed by atoms with van der Waals surface area (Å²) in [7, 11) is 0. The Morgan fingerprint density at radius 2 is 1.10 bits per heavy atom. The van der Waals surface area contributed by atoms with E-state index in [1.807, 2.05) is 42.5 Å². The van der Waals surface area contributed by atoms with Crippen molar-refractivity contribution in [3.8, 4) is 33.7 Å². The minimum Gasteiger partial charge on any atom is -0.454 e.